The minimum absolute atomic E-state index is 0.223. The Bertz CT molecular complexity index is 850. The van der Waals surface area contributed by atoms with Crippen molar-refractivity contribution in [2.24, 2.45) is 0 Å². The zero-order valence-corrected chi connectivity index (χ0v) is 15.6. The summed E-state index contributed by atoms with van der Waals surface area (Å²) >= 11 is 0. The first-order valence-electron chi connectivity index (χ1n) is 9.34. The number of benzene rings is 2. The van der Waals surface area contributed by atoms with E-state index >= 15 is 0 Å². The summed E-state index contributed by atoms with van der Waals surface area (Å²) in [6, 6.07) is 15.3. The maximum Gasteiger partial charge on any atom is 0.122 e. The molecule has 0 bridgehead atoms. The number of rotatable bonds is 3. The number of aromatic nitrogens is 1. The van der Waals surface area contributed by atoms with Crippen LogP contribution in [0.3, 0.4) is 0 Å². The molecule has 0 saturated carbocycles. The minimum Gasteiger partial charge on any atom is -0.494 e. The van der Waals surface area contributed by atoms with Crippen LogP contribution in [0.15, 0.2) is 42.5 Å². The van der Waals surface area contributed by atoms with Gasteiger partial charge in [-0.05, 0) is 49.1 Å². The number of ether oxygens (including phenoxy) is 1. The second-order valence-electron chi connectivity index (χ2n) is 6.16. The SMILES string of the molecule is CC.CCOc1ccc(C2NCCc3c2[nH]c2ccccc32)cc1C. The van der Waals surface area contributed by atoms with Crippen molar-refractivity contribution in [1.82, 2.24) is 10.3 Å². The number of fused-ring (bicyclic) bond motifs is 3. The summed E-state index contributed by atoms with van der Waals surface area (Å²) in [5.41, 5.74) is 6.47. The summed E-state index contributed by atoms with van der Waals surface area (Å²) < 4.78 is 5.67. The van der Waals surface area contributed by atoms with Gasteiger partial charge in [0.05, 0.1) is 12.6 Å². The monoisotopic (exact) mass is 336 g/mol. The van der Waals surface area contributed by atoms with Crippen LogP contribution in [0.2, 0.25) is 0 Å². The number of para-hydroxylation sites is 1. The van der Waals surface area contributed by atoms with E-state index in [0.29, 0.717) is 6.61 Å². The van der Waals surface area contributed by atoms with Crippen molar-refractivity contribution < 1.29 is 4.74 Å². The predicted octanol–water partition coefficient (Wildman–Crippen LogP) is 5.14. The molecule has 1 aliphatic rings. The fraction of sp³-hybridized carbons (Fsp3) is 0.364. The van der Waals surface area contributed by atoms with Gasteiger partial charge in [-0.2, -0.15) is 0 Å². The van der Waals surface area contributed by atoms with E-state index in [1.807, 2.05) is 20.8 Å². The molecule has 3 heteroatoms. The number of aromatic amines is 1. The van der Waals surface area contributed by atoms with Gasteiger partial charge < -0.3 is 15.0 Å². The lowest BCUT2D eigenvalue weighted by Gasteiger charge is -2.25. The molecular formula is C22H28N2O. The van der Waals surface area contributed by atoms with Crippen molar-refractivity contribution in [1.29, 1.82) is 0 Å². The molecule has 1 atom stereocenters. The van der Waals surface area contributed by atoms with Gasteiger partial charge in [0.1, 0.15) is 5.75 Å². The largest absolute Gasteiger partial charge is 0.494 e. The molecule has 1 aromatic heterocycles. The maximum absolute atomic E-state index is 5.67. The lowest BCUT2D eigenvalue weighted by atomic mass is 9.93. The summed E-state index contributed by atoms with van der Waals surface area (Å²) in [7, 11) is 0. The molecule has 132 valence electrons. The van der Waals surface area contributed by atoms with Crippen LogP contribution in [0, 0.1) is 6.92 Å². The quantitative estimate of drug-likeness (QED) is 0.695. The van der Waals surface area contributed by atoms with Gasteiger partial charge in [-0.15, -0.1) is 0 Å². The third-order valence-electron chi connectivity index (χ3n) is 4.69. The molecule has 2 aromatic carbocycles. The molecule has 0 radical (unpaired) electrons. The first-order chi connectivity index (χ1) is 12.3. The molecule has 0 spiro atoms. The average molecular weight is 336 g/mol. The highest BCUT2D eigenvalue weighted by Gasteiger charge is 2.25. The summed E-state index contributed by atoms with van der Waals surface area (Å²) in [5, 5.41) is 5.02. The molecule has 2 N–H and O–H groups in total. The Hall–Kier alpha value is -2.26. The highest BCUT2D eigenvalue weighted by molar-refractivity contribution is 5.85. The Morgan fingerprint density at radius 3 is 2.68 bits per heavy atom. The molecule has 1 aliphatic heterocycles. The average Bonchev–Trinajstić information content (AvgIpc) is 3.04. The third kappa shape index (κ3) is 3.29. The summed E-state index contributed by atoms with van der Waals surface area (Å²) in [4.78, 5) is 3.63. The number of nitrogens with one attached hydrogen (secondary N) is 2. The van der Waals surface area contributed by atoms with E-state index in [1.54, 1.807) is 0 Å². The molecule has 0 saturated heterocycles. The predicted molar refractivity (Wildman–Crippen MR) is 106 cm³/mol. The Kier molecular flexibility index (Phi) is 5.44. The van der Waals surface area contributed by atoms with E-state index in [-0.39, 0.29) is 6.04 Å². The number of hydrogen-bond donors (Lipinski definition) is 2. The Labute approximate surface area is 150 Å². The van der Waals surface area contributed by atoms with E-state index in [9.17, 15) is 0 Å². The molecular weight excluding hydrogens is 308 g/mol. The van der Waals surface area contributed by atoms with Gasteiger partial charge in [0.25, 0.3) is 0 Å². The standard InChI is InChI=1S/C20H22N2O.C2H6/c1-3-23-18-9-8-14(12-13(18)2)19-20-16(10-11-21-19)15-6-4-5-7-17(15)22-20;1-2/h4-9,12,19,21-22H,3,10-11H2,1-2H3;1-2H3. The van der Waals surface area contributed by atoms with Crippen molar-refractivity contribution in [3.63, 3.8) is 0 Å². The molecule has 3 aromatic rings. The fourth-order valence-corrected chi connectivity index (χ4v) is 3.63. The van der Waals surface area contributed by atoms with Crippen LogP contribution in [-0.2, 0) is 6.42 Å². The lowest BCUT2D eigenvalue weighted by Crippen LogP contribution is -2.30. The zero-order valence-electron chi connectivity index (χ0n) is 15.6. The first kappa shape index (κ1) is 17.6. The van der Waals surface area contributed by atoms with E-state index in [0.717, 1.165) is 18.7 Å². The van der Waals surface area contributed by atoms with E-state index in [1.165, 1.54) is 33.3 Å². The molecule has 4 rings (SSSR count). The molecule has 0 amide bonds. The van der Waals surface area contributed by atoms with E-state index in [4.69, 9.17) is 4.74 Å². The molecule has 25 heavy (non-hydrogen) atoms. The first-order valence-corrected chi connectivity index (χ1v) is 9.34. The summed E-state index contributed by atoms with van der Waals surface area (Å²) in [5.74, 6) is 0.976. The third-order valence-corrected chi connectivity index (χ3v) is 4.69. The van der Waals surface area contributed by atoms with Crippen molar-refractivity contribution >= 4 is 10.9 Å². The normalized spacial score (nSPS) is 16.1. The second kappa shape index (κ2) is 7.75. The van der Waals surface area contributed by atoms with Gasteiger partial charge >= 0.3 is 0 Å². The Morgan fingerprint density at radius 1 is 1.12 bits per heavy atom. The van der Waals surface area contributed by atoms with Crippen LogP contribution in [0.5, 0.6) is 5.75 Å². The van der Waals surface area contributed by atoms with Crippen LogP contribution < -0.4 is 10.1 Å². The van der Waals surface area contributed by atoms with Gasteiger partial charge in [-0.3, -0.25) is 0 Å². The number of hydrogen-bond acceptors (Lipinski definition) is 2. The van der Waals surface area contributed by atoms with Crippen molar-refractivity contribution in [2.75, 3.05) is 13.2 Å². The summed E-state index contributed by atoms with van der Waals surface area (Å²) in [6.45, 7) is 9.84. The maximum atomic E-state index is 5.67. The zero-order chi connectivity index (χ0) is 17.8. The van der Waals surface area contributed by atoms with Gasteiger partial charge in [-0.1, -0.05) is 44.2 Å². The van der Waals surface area contributed by atoms with Crippen molar-refractivity contribution in [3.05, 3.63) is 64.8 Å². The Morgan fingerprint density at radius 2 is 1.92 bits per heavy atom. The molecule has 1 unspecified atom stereocenters. The van der Waals surface area contributed by atoms with Crippen LogP contribution >= 0.6 is 0 Å². The van der Waals surface area contributed by atoms with Gasteiger partial charge in [-0.25, -0.2) is 0 Å². The highest BCUT2D eigenvalue weighted by Crippen LogP contribution is 2.34. The van der Waals surface area contributed by atoms with E-state index < -0.39 is 0 Å². The van der Waals surface area contributed by atoms with Crippen LogP contribution in [0.25, 0.3) is 10.9 Å². The second-order valence-corrected chi connectivity index (χ2v) is 6.16. The van der Waals surface area contributed by atoms with Crippen LogP contribution in [-0.4, -0.2) is 18.1 Å². The molecule has 2 heterocycles. The lowest BCUT2D eigenvalue weighted by molar-refractivity contribution is 0.337. The van der Waals surface area contributed by atoms with Gasteiger partial charge in [0, 0.05) is 23.1 Å². The molecule has 0 aliphatic carbocycles. The minimum atomic E-state index is 0.223. The molecule has 0 fully saturated rings. The van der Waals surface area contributed by atoms with Crippen LogP contribution in [0.1, 0.15) is 49.2 Å². The van der Waals surface area contributed by atoms with Gasteiger partial charge in [0.2, 0.25) is 0 Å². The topological polar surface area (TPSA) is 37.0 Å². The number of H-pyrrole nitrogens is 1. The number of aryl methyl sites for hydroxylation is 1. The highest BCUT2D eigenvalue weighted by atomic mass is 16.5. The van der Waals surface area contributed by atoms with Gasteiger partial charge in [0.15, 0.2) is 0 Å². The smallest absolute Gasteiger partial charge is 0.122 e. The van der Waals surface area contributed by atoms with Crippen molar-refractivity contribution in [3.8, 4) is 5.75 Å². The Balaban J connectivity index is 0.000000880. The molecule has 3 nitrogen and oxygen atoms in total. The van der Waals surface area contributed by atoms with Crippen molar-refractivity contribution in [2.45, 2.75) is 40.2 Å². The fourth-order valence-electron chi connectivity index (χ4n) is 3.63. The van der Waals surface area contributed by atoms with Crippen LogP contribution in [0.4, 0.5) is 0 Å². The summed E-state index contributed by atoms with van der Waals surface area (Å²) in [6.07, 6.45) is 1.08. The van der Waals surface area contributed by atoms with E-state index in [2.05, 4.69) is 59.7 Å².